The Labute approximate surface area is 114 Å². The van der Waals surface area contributed by atoms with Gasteiger partial charge in [-0.25, -0.2) is 9.97 Å². The number of nitrogens with zero attached hydrogens (tertiary/aromatic N) is 5. The molecule has 0 unspecified atom stereocenters. The van der Waals surface area contributed by atoms with E-state index in [0.29, 0.717) is 11.1 Å². The molecule has 0 aromatic carbocycles. The first-order valence-corrected chi connectivity index (χ1v) is 6.42. The van der Waals surface area contributed by atoms with Gasteiger partial charge in [-0.15, -0.1) is 0 Å². The van der Waals surface area contributed by atoms with Crippen LogP contribution in [0.5, 0.6) is 0 Å². The quantitative estimate of drug-likeness (QED) is 0.775. The summed E-state index contributed by atoms with van der Waals surface area (Å²) in [6.45, 7) is 1.77. The average molecular weight is 275 g/mol. The Morgan fingerprint density at radius 1 is 1.32 bits per heavy atom. The molecule has 0 radical (unpaired) electrons. The van der Waals surface area contributed by atoms with Crippen LogP contribution in [-0.4, -0.2) is 37.8 Å². The monoisotopic (exact) mass is 274 g/mol. The molecule has 0 bridgehead atoms. The van der Waals surface area contributed by atoms with E-state index in [2.05, 4.69) is 25.0 Å². The number of aromatic nitrogens is 5. The van der Waals surface area contributed by atoms with Gasteiger partial charge in [-0.2, -0.15) is 5.10 Å². The van der Waals surface area contributed by atoms with Crippen LogP contribution in [0.2, 0.25) is 5.02 Å². The van der Waals surface area contributed by atoms with E-state index in [9.17, 15) is 0 Å². The largest absolute Gasteiger partial charge is 0.352 e. The van der Waals surface area contributed by atoms with Crippen molar-refractivity contribution < 1.29 is 0 Å². The second-order valence-corrected chi connectivity index (χ2v) is 5.07. The van der Waals surface area contributed by atoms with Crippen LogP contribution in [0.25, 0.3) is 11.0 Å². The van der Waals surface area contributed by atoms with E-state index in [4.69, 9.17) is 11.6 Å². The van der Waals surface area contributed by atoms with Crippen LogP contribution in [0.4, 0.5) is 5.82 Å². The Bertz CT molecular complexity index is 726. The number of halogens is 1. The van der Waals surface area contributed by atoms with Crippen LogP contribution in [0.1, 0.15) is 6.04 Å². The molecule has 0 spiro atoms. The summed E-state index contributed by atoms with van der Waals surface area (Å²) in [5, 5.41) is 5.97. The lowest BCUT2D eigenvalue weighted by molar-refractivity contribution is 0.366. The summed E-state index contributed by atoms with van der Waals surface area (Å²) < 4.78 is 1.91. The first-order valence-electron chi connectivity index (χ1n) is 6.04. The lowest BCUT2D eigenvalue weighted by Crippen LogP contribution is -2.48. The van der Waals surface area contributed by atoms with Crippen LogP contribution in [-0.2, 0) is 0 Å². The Balaban J connectivity index is 1.58. The molecule has 3 aromatic heterocycles. The van der Waals surface area contributed by atoms with E-state index in [1.807, 2.05) is 23.1 Å². The SMILES string of the molecule is Clc1cnn(C2CN(c3ncnc4[nH]ccc34)C2)c1. The maximum Gasteiger partial charge on any atom is 0.142 e. The van der Waals surface area contributed by atoms with Crippen LogP contribution >= 0.6 is 11.6 Å². The van der Waals surface area contributed by atoms with Gasteiger partial charge in [0.05, 0.1) is 22.6 Å². The summed E-state index contributed by atoms with van der Waals surface area (Å²) in [7, 11) is 0. The second kappa shape index (κ2) is 3.96. The third-order valence-corrected chi connectivity index (χ3v) is 3.63. The topological polar surface area (TPSA) is 62.6 Å². The Kier molecular flexibility index (Phi) is 2.25. The van der Waals surface area contributed by atoms with Gasteiger partial charge in [-0.3, -0.25) is 4.68 Å². The molecule has 0 saturated carbocycles. The minimum Gasteiger partial charge on any atom is -0.352 e. The van der Waals surface area contributed by atoms with E-state index < -0.39 is 0 Å². The van der Waals surface area contributed by atoms with Gasteiger partial charge in [-0.1, -0.05) is 11.6 Å². The lowest BCUT2D eigenvalue weighted by Gasteiger charge is -2.40. The molecule has 3 aromatic rings. The number of anilines is 1. The van der Waals surface area contributed by atoms with E-state index >= 15 is 0 Å². The smallest absolute Gasteiger partial charge is 0.142 e. The Morgan fingerprint density at radius 2 is 2.21 bits per heavy atom. The van der Waals surface area contributed by atoms with Crippen molar-refractivity contribution in [1.29, 1.82) is 0 Å². The highest BCUT2D eigenvalue weighted by atomic mass is 35.5. The third-order valence-electron chi connectivity index (χ3n) is 3.44. The molecular weight excluding hydrogens is 264 g/mol. The van der Waals surface area contributed by atoms with Crippen molar-refractivity contribution in [2.24, 2.45) is 0 Å². The van der Waals surface area contributed by atoms with Gasteiger partial charge in [0, 0.05) is 25.5 Å². The molecule has 1 aliphatic rings. The van der Waals surface area contributed by atoms with Crippen molar-refractivity contribution in [2.45, 2.75) is 6.04 Å². The van der Waals surface area contributed by atoms with Crippen molar-refractivity contribution in [3.63, 3.8) is 0 Å². The van der Waals surface area contributed by atoms with Crippen LogP contribution in [0.15, 0.2) is 31.0 Å². The molecule has 1 N–H and O–H groups in total. The highest BCUT2D eigenvalue weighted by Gasteiger charge is 2.31. The molecule has 1 fully saturated rings. The van der Waals surface area contributed by atoms with E-state index in [0.717, 1.165) is 29.9 Å². The molecule has 19 heavy (non-hydrogen) atoms. The molecule has 0 amide bonds. The number of aromatic amines is 1. The molecular formula is C12H11ClN6. The molecule has 96 valence electrons. The van der Waals surface area contributed by atoms with Crippen molar-refractivity contribution >= 4 is 28.5 Å². The highest BCUT2D eigenvalue weighted by molar-refractivity contribution is 6.30. The maximum absolute atomic E-state index is 5.88. The number of rotatable bonds is 2. The van der Waals surface area contributed by atoms with Gasteiger partial charge < -0.3 is 9.88 Å². The first-order chi connectivity index (χ1) is 9.31. The zero-order valence-electron chi connectivity index (χ0n) is 9.99. The molecule has 1 saturated heterocycles. The van der Waals surface area contributed by atoms with Gasteiger partial charge in [0.2, 0.25) is 0 Å². The predicted octanol–water partition coefficient (Wildman–Crippen LogP) is 1.87. The van der Waals surface area contributed by atoms with Crippen LogP contribution < -0.4 is 4.90 Å². The molecule has 7 heteroatoms. The molecule has 1 aliphatic heterocycles. The molecule has 0 aliphatic carbocycles. The summed E-state index contributed by atoms with van der Waals surface area (Å²) in [4.78, 5) is 13.9. The van der Waals surface area contributed by atoms with Gasteiger partial charge >= 0.3 is 0 Å². The van der Waals surface area contributed by atoms with E-state index in [1.54, 1.807) is 12.5 Å². The van der Waals surface area contributed by atoms with Gasteiger partial charge in [0.25, 0.3) is 0 Å². The number of H-pyrrole nitrogens is 1. The Morgan fingerprint density at radius 3 is 3.00 bits per heavy atom. The van der Waals surface area contributed by atoms with Crippen molar-refractivity contribution in [2.75, 3.05) is 18.0 Å². The number of nitrogens with one attached hydrogen (secondary N) is 1. The molecule has 4 heterocycles. The second-order valence-electron chi connectivity index (χ2n) is 4.63. The fourth-order valence-electron chi connectivity index (χ4n) is 2.42. The minimum atomic E-state index is 0.358. The maximum atomic E-state index is 5.88. The van der Waals surface area contributed by atoms with Crippen molar-refractivity contribution in [1.82, 2.24) is 24.7 Å². The van der Waals surface area contributed by atoms with Gasteiger partial charge in [0.1, 0.15) is 17.8 Å². The van der Waals surface area contributed by atoms with Crippen molar-refractivity contribution in [3.05, 3.63) is 36.0 Å². The number of hydrogen-bond donors (Lipinski definition) is 1. The lowest BCUT2D eigenvalue weighted by atomic mass is 10.1. The highest BCUT2D eigenvalue weighted by Crippen LogP contribution is 2.30. The molecule has 0 atom stereocenters. The predicted molar refractivity (Wildman–Crippen MR) is 72.4 cm³/mol. The standard InChI is InChI=1S/C12H11ClN6/c13-8-3-17-19(4-8)9-5-18(6-9)12-10-1-2-14-11(10)15-7-16-12/h1-4,7,9H,5-6H2,(H,14,15,16). The summed E-state index contributed by atoms with van der Waals surface area (Å²) in [6.07, 6.45) is 6.99. The molecule has 4 rings (SSSR count). The van der Waals surface area contributed by atoms with E-state index in [-0.39, 0.29) is 0 Å². The summed E-state index contributed by atoms with van der Waals surface area (Å²) in [5.74, 6) is 0.973. The first kappa shape index (κ1) is 10.8. The zero-order valence-corrected chi connectivity index (χ0v) is 10.7. The Hall–Kier alpha value is -2.08. The fraction of sp³-hybridized carbons (Fsp3) is 0.250. The summed E-state index contributed by atoms with van der Waals surface area (Å²) >= 11 is 5.88. The number of fused-ring (bicyclic) bond motifs is 1. The van der Waals surface area contributed by atoms with Crippen LogP contribution in [0.3, 0.4) is 0 Å². The van der Waals surface area contributed by atoms with Gasteiger partial charge in [0.15, 0.2) is 0 Å². The van der Waals surface area contributed by atoms with Crippen molar-refractivity contribution in [3.8, 4) is 0 Å². The zero-order chi connectivity index (χ0) is 12.8. The fourth-order valence-corrected chi connectivity index (χ4v) is 2.56. The normalized spacial score (nSPS) is 15.9. The van der Waals surface area contributed by atoms with E-state index in [1.165, 1.54) is 0 Å². The third kappa shape index (κ3) is 1.67. The van der Waals surface area contributed by atoms with Crippen LogP contribution in [0, 0.1) is 0 Å². The minimum absolute atomic E-state index is 0.358. The average Bonchev–Trinajstić information content (AvgIpc) is 2.96. The summed E-state index contributed by atoms with van der Waals surface area (Å²) in [5.41, 5.74) is 0.871. The number of hydrogen-bond acceptors (Lipinski definition) is 4. The van der Waals surface area contributed by atoms with Gasteiger partial charge in [-0.05, 0) is 6.07 Å². The molecule has 6 nitrogen and oxygen atoms in total. The summed E-state index contributed by atoms with van der Waals surface area (Å²) in [6, 6.07) is 2.36.